The first kappa shape index (κ1) is 28.8. The second-order valence-electron chi connectivity index (χ2n) is 11.6. The third kappa shape index (κ3) is 5.84. The van der Waals surface area contributed by atoms with Crippen LogP contribution in [-0.2, 0) is 5.41 Å². The molecule has 0 spiro atoms. The molecule has 0 atom stereocenters. The van der Waals surface area contributed by atoms with E-state index in [4.69, 9.17) is 9.72 Å². The third-order valence-electron chi connectivity index (χ3n) is 7.28. The Kier molecular flexibility index (Phi) is 8.00. The fraction of sp³-hybridized carbons (Fsp3) is 0.312. The molecule has 2 aromatic heterocycles. The number of hydrogen-bond donors (Lipinski definition) is 2. The third-order valence-corrected chi connectivity index (χ3v) is 7.28. The minimum Gasteiger partial charge on any atom is -0.495 e. The summed E-state index contributed by atoms with van der Waals surface area (Å²) >= 11 is 0. The molecule has 0 radical (unpaired) electrons. The van der Waals surface area contributed by atoms with E-state index in [2.05, 4.69) is 51.2 Å². The molecule has 0 unspecified atom stereocenters. The number of carbonyl (C=O) groups is 1. The van der Waals surface area contributed by atoms with Gasteiger partial charge in [-0.3, -0.25) is 4.57 Å². The molecule has 218 valence electrons. The number of nitrogens with one attached hydrogen (secondary N) is 2. The lowest BCUT2D eigenvalue weighted by molar-refractivity contribution is 0.262. The molecule has 0 aliphatic carbocycles. The molecule has 0 fully saturated rings. The Morgan fingerprint density at radius 2 is 1.64 bits per heavy atom. The summed E-state index contributed by atoms with van der Waals surface area (Å²) in [6.07, 6.45) is 3.35. The van der Waals surface area contributed by atoms with Gasteiger partial charge in [-0.15, -0.1) is 0 Å². The largest absolute Gasteiger partial charge is 0.495 e. The van der Waals surface area contributed by atoms with E-state index >= 15 is 0 Å². The second-order valence-corrected chi connectivity index (χ2v) is 11.6. The Balaban J connectivity index is 1.46. The van der Waals surface area contributed by atoms with Crippen molar-refractivity contribution in [3.63, 3.8) is 0 Å². The molecule has 2 amide bonds. The molecular weight excluding hydrogens is 528 g/mol. The molecule has 3 aromatic carbocycles. The molecule has 5 rings (SSSR count). The topological polar surface area (TPSA) is 100 Å². The maximum atomic E-state index is 13.2. The van der Waals surface area contributed by atoms with Crippen molar-refractivity contribution in [3.05, 3.63) is 72.8 Å². The van der Waals surface area contributed by atoms with E-state index in [0.717, 1.165) is 46.4 Å². The lowest BCUT2D eigenvalue weighted by Gasteiger charge is -2.21. The Bertz CT molecular complexity index is 1740. The number of anilines is 3. The lowest BCUT2D eigenvalue weighted by atomic mass is 9.87. The highest BCUT2D eigenvalue weighted by Crippen LogP contribution is 2.34. The van der Waals surface area contributed by atoms with Crippen molar-refractivity contribution in [2.75, 3.05) is 56.9 Å². The molecule has 5 aromatic rings. The number of hydrogen-bond acceptors (Lipinski definition) is 7. The summed E-state index contributed by atoms with van der Waals surface area (Å²) in [6, 6.07) is 17.3. The molecular formula is C32H38N8O2. The number of methoxy groups -OCH3 is 1. The van der Waals surface area contributed by atoms with Crippen LogP contribution in [-0.4, -0.2) is 71.8 Å². The van der Waals surface area contributed by atoms with Gasteiger partial charge in [0.1, 0.15) is 18.4 Å². The van der Waals surface area contributed by atoms with E-state index < -0.39 is 0 Å². The number of rotatable bonds is 8. The van der Waals surface area contributed by atoms with Crippen LogP contribution >= 0.6 is 0 Å². The minimum atomic E-state index is -0.358. The number of benzene rings is 3. The van der Waals surface area contributed by atoms with Gasteiger partial charge in [0.15, 0.2) is 17.0 Å². The van der Waals surface area contributed by atoms with Gasteiger partial charge in [0.2, 0.25) is 0 Å². The quantitative estimate of drug-likeness (QED) is 0.241. The molecule has 10 nitrogen and oxygen atoms in total. The number of ether oxygens (including phenoxy) is 1. The average molecular weight is 567 g/mol. The lowest BCUT2D eigenvalue weighted by Crippen LogP contribution is -2.29. The van der Waals surface area contributed by atoms with Gasteiger partial charge < -0.3 is 25.2 Å². The molecule has 0 saturated carbocycles. The Labute approximate surface area is 246 Å². The van der Waals surface area contributed by atoms with E-state index in [0.29, 0.717) is 22.8 Å². The van der Waals surface area contributed by atoms with Crippen molar-refractivity contribution in [2.24, 2.45) is 0 Å². The van der Waals surface area contributed by atoms with Crippen LogP contribution in [0.3, 0.4) is 0 Å². The number of aromatic nitrogens is 4. The zero-order valence-corrected chi connectivity index (χ0v) is 25.3. The van der Waals surface area contributed by atoms with Crippen LogP contribution in [0.2, 0.25) is 0 Å². The summed E-state index contributed by atoms with van der Waals surface area (Å²) in [5, 5.41) is 7.84. The van der Waals surface area contributed by atoms with Crippen molar-refractivity contribution in [3.8, 4) is 11.4 Å². The van der Waals surface area contributed by atoms with Crippen molar-refractivity contribution in [2.45, 2.75) is 26.2 Å². The predicted molar refractivity (Wildman–Crippen MR) is 170 cm³/mol. The fourth-order valence-corrected chi connectivity index (χ4v) is 4.88. The zero-order valence-electron chi connectivity index (χ0n) is 25.3. The van der Waals surface area contributed by atoms with Gasteiger partial charge in [0, 0.05) is 30.9 Å². The van der Waals surface area contributed by atoms with Crippen molar-refractivity contribution in [1.82, 2.24) is 24.4 Å². The van der Waals surface area contributed by atoms with Crippen molar-refractivity contribution < 1.29 is 9.53 Å². The Morgan fingerprint density at radius 1 is 0.905 bits per heavy atom. The van der Waals surface area contributed by atoms with Crippen molar-refractivity contribution >= 4 is 45.2 Å². The number of imidazole rings is 1. The number of nitrogens with zero attached hydrogens (tertiary/aromatic N) is 6. The smallest absolute Gasteiger partial charge is 0.323 e. The van der Waals surface area contributed by atoms with Gasteiger partial charge in [-0.05, 0) is 49.3 Å². The standard InChI is InChI=1S/C32H38N8O2/c1-32(2,3)21-12-15-27(42-7)25(18-21)37-31(41)36-24-13-14-26(23-11-9-8-10-22(23)24)40-20-35-28-29(33-19-34-30(28)40)39(6)17-16-38(4)5/h8-15,18-20H,16-17H2,1-7H3,(H2,36,37,41). The van der Waals surface area contributed by atoms with Gasteiger partial charge >= 0.3 is 6.03 Å². The predicted octanol–water partition coefficient (Wildman–Crippen LogP) is 5.92. The van der Waals surface area contributed by atoms with Crippen LogP contribution in [0.5, 0.6) is 5.75 Å². The van der Waals surface area contributed by atoms with Crippen LogP contribution in [0.4, 0.5) is 22.0 Å². The molecule has 0 bridgehead atoms. The summed E-state index contributed by atoms with van der Waals surface area (Å²) in [5.41, 5.74) is 4.66. The molecule has 0 aliphatic rings. The molecule has 0 saturated heterocycles. The van der Waals surface area contributed by atoms with Crippen LogP contribution in [0.25, 0.3) is 27.6 Å². The van der Waals surface area contributed by atoms with Gasteiger partial charge in [-0.25, -0.2) is 19.7 Å². The van der Waals surface area contributed by atoms with E-state index in [1.165, 1.54) is 0 Å². The van der Waals surface area contributed by atoms with Gasteiger partial charge in [-0.2, -0.15) is 0 Å². The highest BCUT2D eigenvalue weighted by Gasteiger charge is 2.19. The van der Waals surface area contributed by atoms with Gasteiger partial charge in [-0.1, -0.05) is 51.1 Å². The van der Waals surface area contributed by atoms with Crippen LogP contribution in [0.15, 0.2) is 67.3 Å². The van der Waals surface area contributed by atoms with Crippen molar-refractivity contribution in [1.29, 1.82) is 0 Å². The van der Waals surface area contributed by atoms with Crippen LogP contribution in [0.1, 0.15) is 26.3 Å². The summed E-state index contributed by atoms with van der Waals surface area (Å²) in [4.78, 5) is 31.3. The summed E-state index contributed by atoms with van der Waals surface area (Å²) < 4.78 is 7.47. The second kappa shape index (κ2) is 11.7. The van der Waals surface area contributed by atoms with E-state index in [9.17, 15) is 4.79 Å². The number of likely N-dealkylation sites (N-methyl/N-ethyl adjacent to an activating group) is 2. The monoisotopic (exact) mass is 566 g/mol. The summed E-state index contributed by atoms with van der Waals surface area (Å²) in [6.45, 7) is 8.10. The summed E-state index contributed by atoms with van der Waals surface area (Å²) in [7, 11) is 7.70. The minimum absolute atomic E-state index is 0.0734. The van der Waals surface area contributed by atoms with E-state index in [1.807, 2.05) is 80.3 Å². The number of fused-ring (bicyclic) bond motifs is 2. The Hall–Kier alpha value is -4.70. The summed E-state index contributed by atoms with van der Waals surface area (Å²) in [5.74, 6) is 1.38. The van der Waals surface area contributed by atoms with E-state index in [-0.39, 0.29) is 11.4 Å². The molecule has 10 heteroatoms. The maximum absolute atomic E-state index is 13.2. The highest BCUT2D eigenvalue weighted by molar-refractivity contribution is 6.08. The van der Waals surface area contributed by atoms with Gasteiger partial charge in [0.05, 0.1) is 24.2 Å². The highest BCUT2D eigenvalue weighted by atomic mass is 16.5. The fourth-order valence-electron chi connectivity index (χ4n) is 4.88. The average Bonchev–Trinajstić information content (AvgIpc) is 3.39. The Morgan fingerprint density at radius 3 is 2.36 bits per heavy atom. The molecule has 42 heavy (non-hydrogen) atoms. The first-order valence-corrected chi connectivity index (χ1v) is 13.9. The number of urea groups is 1. The first-order chi connectivity index (χ1) is 20.1. The number of carbonyl (C=O) groups excluding carboxylic acids is 1. The SMILES string of the molecule is COc1ccc(C(C)(C)C)cc1NC(=O)Nc1ccc(-n2cnc3c(N(C)CCN(C)C)ncnc32)c2ccccc12. The first-order valence-electron chi connectivity index (χ1n) is 13.9. The molecule has 0 aliphatic heterocycles. The number of amides is 2. The molecule has 2 heterocycles. The normalized spacial score (nSPS) is 11.7. The zero-order chi connectivity index (χ0) is 30.0. The maximum Gasteiger partial charge on any atom is 0.323 e. The molecule has 2 N–H and O–H groups in total. The van der Waals surface area contributed by atoms with Crippen LogP contribution < -0.4 is 20.3 Å². The van der Waals surface area contributed by atoms with Gasteiger partial charge in [0.25, 0.3) is 0 Å². The van der Waals surface area contributed by atoms with E-state index in [1.54, 1.807) is 19.8 Å². The van der Waals surface area contributed by atoms with Crippen LogP contribution in [0, 0.1) is 0 Å².